The summed E-state index contributed by atoms with van der Waals surface area (Å²) in [6.07, 6.45) is 0.912. The SMILES string of the molecule is CCOc1ccc(CN(C)C(=NCc2nnc(C)n2C)NCCCOC)cc1.I. The van der Waals surface area contributed by atoms with Gasteiger partial charge in [-0.2, -0.15) is 0 Å². The fourth-order valence-electron chi connectivity index (χ4n) is 2.67. The third-order valence-corrected chi connectivity index (χ3v) is 4.38. The van der Waals surface area contributed by atoms with Crippen LogP contribution >= 0.6 is 24.0 Å². The lowest BCUT2D eigenvalue weighted by Crippen LogP contribution is -2.39. The molecule has 162 valence electrons. The van der Waals surface area contributed by atoms with E-state index in [4.69, 9.17) is 14.5 Å². The number of guanidine groups is 1. The number of hydrogen-bond acceptors (Lipinski definition) is 5. The second-order valence-corrected chi connectivity index (χ2v) is 6.57. The average molecular weight is 516 g/mol. The second-order valence-electron chi connectivity index (χ2n) is 6.57. The van der Waals surface area contributed by atoms with E-state index in [0.717, 1.165) is 42.9 Å². The van der Waals surface area contributed by atoms with Crippen LogP contribution in [0.25, 0.3) is 0 Å². The Labute approximate surface area is 190 Å². The molecule has 0 unspecified atom stereocenters. The summed E-state index contributed by atoms with van der Waals surface area (Å²) < 4.78 is 12.6. The molecule has 0 saturated heterocycles. The van der Waals surface area contributed by atoms with Gasteiger partial charge in [0.15, 0.2) is 11.8 Å². The van der Waals surface area contributed by atoms with Gasteiger partial charge in [0.2, 0.25) is 0 Å². The molecule has 0 bridgehead atoms. The van der Waals surface area contributed by atoms with Crippen molar-refractivity contribution in [1.82, 2.24) is 25.0 Å². The zero-order valence-electron chi connectivity index (χ0n) is 18.0. The van der Waals surface area contributed by atoms with Gasteiger partial charge in [0.1, 0.15) is 18.1 Å². The van der Waals surface area contributed by atoms with Gasteiger partial charge in [0, 0.05) is 40.9 Å². The molecule has 1 aromatic heterocycles. The molecule has 0 radical (unpaired) electrons. The molecule has 0 aliphatic heterocycles. The monoisotopic (exact) mass is 516 g/mol. The number of benzene rings is 1. The lowest BCUT2D eigenvalue weighted by atomic mass is 10.2. The minimum Gasteiger partial charge on any atom is -0.494 e. The summed E-state index contributed by atoms with van der Waals surface area (Å²) in [6, 6.07) is 8.15. The van der Waals surface area contributed by atoms with Gasteiger partial charge in [0.25, 0.3) is 0 Å². The Bertz CT molecular complexity index is 748. The van der Waals surface area contributed by atoms with Gasteiger partial charge in [-0.1, -0.05) is 12.1 Å². The Kier molecular flexibility index (Phi) is 11.6. The number of aromatic nitrogens is 3. The highest BCUT2D eigenvalue weighted by Crippen LogP contribution is 2.13. The summed E-state index contributed by atoms with van der Waals surface area (Å²) >= 11 is 0. The number of hydrogen-bond donors (Lipinski definition) is 1. The summed E-state index contributed by atoms with van der Waals surface area (Å²) in [5.41, 5.74) is 1.19. The number of aliphatic imine (C=N–C) groups is 1. The molecule has 1 aromatic carbocycles. The normalized spacial score (nSPS) is 11.1. The van der Waals surface area contributed by atoms with Crippen LogP contribution in [0.1, 0.15) is 30.6 Å². The number of methoxy groups -OCH3 is 1. The quantitative estimate of drug-likeness (QED) is 0.227. The average Bonchev–Trinajstić information content (AvgIpc) is 3.01. The highest BCUT2D eigenvalue weighted by Gasteiger charge is 2.10. The van der Waals surface area contributed by atoms with Crippen molar-refractivity contribution in [2.24, 2.45) is 12.0 Å². The molecule has 0 spiro atoms. The first-order valence-corrected chi connectivity index (χ1v) is 9.60. The van der Waals surface area contributed by atoms with E-state index in [1.165, 1.54) is 5.56 Å². The molecule has 0 amide bonds. The van der Waals surface area contributed by atoms with Crippen LogP contribution in [0.3, 0.4) is 0 Å². The van der Waals surface area contributed by atoms with E-state index >= 15 is 0 Å². The topological polar surface area (TPSA) is 76.8 Å². The summed E-state index contributed by atoms with van der Waals surface area (Å²) in [5.74, 6) is 3.43. The van der Waals surface area contributed by atoms with Crippen molar-refractivity contribution in [3.05, 3.63) is 41.5 Å². The van der Waals surface area contributed by atoms with Crippen LogP contribution in [0.15, 0.2) is 29.3 Å². The molecule has 0 aliphatic rings. The second kappa shape index (κ2) is 13.4. The molecule has 0 atom stereocenters. The van der Waals surface area contributed by atoms with Gasteiger partial charge >= 0.3 is 0 Å². The first-order valence-electron chi connectivity index (χ1n) is 9.60. The van der Waals surface area contributed by atoms with Gasteiger partial charge in [-0.05, 0) is 38.0 Å². The largest absolute Gasteiger partial charge is 0.494 e. The number of nitrogens with one attached hydrogen (secondary N) is 1. The van der Waals surface area contributed by atoms with Crippen LogP contribution in [-0.2, 0) is 24.9 Å². The number of nitrogens with zero attached hydrogens (tertiary/aromatic N) is 5. The summed E-state index contributed by atoms with van der Waals surface area (Å²) in [4.78, 5) is 6.85. The van der Waals surface area contributed by atoms with E-state index in [1.54, 1.807) is 7.11 Å². The summed E-state index contributed by atoms with van der Waals surface area (Å²) in [6.45, 7) is 7.30. The van der Waals surface area contributed by atoms with Gasteiger partial charge in [0.05, 0.1) is 6.61 Å². The molecular weight excluding hydrogens is 483 g/mol. The van der Waals surface area contributed by atoms with Crippen molar-refractivity contribution in [3.8, 4) is 5.75 Å². The van der Waals surface area contributed by atoms with Gasteiger partial charge in [-0.3, -0.25) is 0 Å². The van der Waals surface area contributed by atoms with Crippen molar-refractivity contribution < 1.29 is 9.47 Å². The highest BCUT2D eigenvalue weighted by molar-refractivity contribution is 14.0. The number of rotatable bonds is 10. The molecule has 1 heterocycles. The predicted molar refractivity (Wildman–Crippen MR) is 126 cm³/mol. The van der Waals surface area contributed by atoms with E-state index in [9.17, 15) is 0 Å². The van der Waals surface area contributed by atoms with Crippen molar-refractivity contribution in [2.75, 3.05) is 33.9 Å². The molecule has 9 heteroatoms. The van der Waals surface area contributed by atoms with E-state index < -0.39 is 0 Å². The van der Waals surface area contributed by atoms with Crippen molar-refractivity contribution in [3.63, 3.8) is 0 Å². The smallest absolute Gasteiger partial charge is 0.194 e. The Morgan fingerprint density at radius 2 is 1.97 bits per heavy atom. The van der Waals surface area contributed by atoms with E-state index in [-0.39, 0.29) is 24.0 Å². The van der Waals surface area contributed by atoms with Crippen LogP contribution in [0.2, 0.25) is 0 Å². The van der Waals surface area contributed by atoms with Gasteiger partial charge < -0.3 is 24.3 Å². The van der Waals surface area contributed by atoms with E-state index in [2.05, 4.69) is 32.5 Å². The van der Waals surface area contributed by atoms with Crippen molar-refractivity contribution >= 4 is 29.9 Å². The van der Waals surface area contributed by atoms with Crippen molar-refractivity contribution in [2.45, 2.75) is 33.4 Å². The molecule has 0 aliphatic carbocycles. The molecular formula is C20H33IN6O2. The third kappa shape index (κ3) is 8.17. The molecule has 0 fully saturated rings. The lowest BCUT2D eigenvalue weighted by molar-refractivity contribution is 0.195. The molecule has 8 nitrogen and oxygen atoms in total. The number of halogens is 1. The minimum absolute atomic E-state index is 0. The minimum atomic E-state index is 0. The van der Waals surface area contributed by atoms with E-state index in [0.29, 0.717) is 19.8 Å². The Hall–Kier alpha value is -1.88. The Morgan fingerprint density at radius 3 is 2.55 bits per heavy atom. The van der Waals surface area contributed by atoms with Crippen molar-refractivity contribution in [1.29, 1.82) is 0 Å². The summed E-state index contributed by atoms with van der Waals surface area (Å²) in [5, 5.41) is 11.7. The van der Waals surface area contributed by atoms with Crippen LogP contribution in [0, 0.1) is 6.92 Å². The Morgan fingerprint density at radius 1 is 1.24 bits per heavy atom. The van der Waals surface area contributed by atoms with Crippen LogP contribution in [0.5, 0.6) is 5.75 Å². The van der Waals surface area contributed by atoms with Crippen LogP contribution < -0.4 is 10.1 Å². The zero-order chi connectivity index (χ0) is 20.4. The maximum absolute atomic E-state index is 5.51. The summed E-state index contributed by atoms with van der Waals surface area (Å²) in [7, 11) is 5.69. The number of aryl methyl sites for hydroxylation is 1. The maximum atomic E-state index is 5.51. The zero-order valence-corrected chi connectivity index (χ0v) is 20.3. The Balaban J connectivity index is 0.00000420. The third-order valence-electron chi connectivity index (χ3n) is 4.38. The molecule has 1 N–H and O–H groups in total. The first-order chi connectivity index (χ1) is 13.5. The standard InChI is InChI=1S/C20H32N6O2.HI/c1-6-28-18-10-8-17(9-11-18)15-25(3)20(21-12-7-13-27-5)22-14-19-24-23-16(2)26(19)4;/h8-11H,6-7,12-15H2,1-5H3,(H,21,22);1H. The highest BCUT2D eigenvalue weighted by atomic mass is 127. The fraction of sp³-hybridized carbons (Fsp3) is 0.550. The van der Waals surface area contributed by atoms with E-state index in [1.807, 2.05) is 44.6 Å². The number of ether oxygens (including phenoxy) is 2. The molecule has 2 rings (SSSR count). The lowest BCUT2D eigenvalue weighted by Gasteiger charge is -2.23. The molecule has 0 saturated carbocycles. The molecule has 29 heavy (non-hydrogen) atoms. The maximum Gasteiger partial charge on any atom is 0.194 e. The molecule has 2 aromatic rings. The first kappa shape index (κ1) is 25.2. The van der Waals surface area contributed by atoms with Crippen LogP contribution in [0.4, 0.5) is 0 Å². The predicted octanol–water partition coefficient (Wildman–Crippen LogP) is 2.75. The van der Waals surface area contributed by atoms with Crippen LogP contribution in [-0.4, -0.2) is 59.5 Å². The van der Waals surface area contributed by atoms with Gasteiger partial charge in [-0.25, -0.2) is 4.99 Å². The van der Waals surface area contributed by atoms with Gasteiger partial charge in [-0.15, -0.1) is 34.2 Å². The fourth-order valence-corrected chi connectivity index (χ4v) is 2.67.